The Hall–Kier alpha value is -0.340. The van der Waals surface area contributed by atoms with Crippen molar-refractivity contribution in [3.05, 3.63) is 34.3 Å². The summed E-state index contributed by atoms with van der Waals surface area (Å²) < 4.78 is 1.14. The minimum atomic E-state index is -0.192. The predicted octanol–water partition coefficient (Wildman–Crippen LogP) is 3.40. The first-order chi connectivity index (χ1) is 6.61. The van der Waals surface area contributed by atoms with Crippen molar-refractivity contribution in [3.8, 4) is 0 Å². The maximum absolute atomic E-state index is 9.66. The van der Waals surface area contributed by atoms with Crippen LogP contribution < -0.4 is 0 Å². The van der Waals surface area contributed by atoms with Crippen molar-refractivity contribution in [2.75, 3.05) is 0 Å². The number of aliphatic hydroxyl groups excluding tert-OH is 1. The molecule has 0 unspecified atom stereocenters. The van der Waals surface area contributed by atoms with Gasteiger partial charge in [0.15, 0.2) is 0 Å². The molecule has 0 aliphatic heterocycles. The second-order valence-electron chi connectivity index (χ2n) is 3.94. The highest BCUT2D eigenvalue weighted by Gasteiger charge is 2.09. The van der Waals surface area contributed by atoms with Crippen molar-refractivity contribution in [3.63, 3.8) is 0 Å². The van der Waals surface area contributed by atoms with Gasteiger partial charge in [-0.2, -0.15) is 0 Å². The first kappa shape index (κ1) is 11.7. The molecule has 14 heavy (non-hydrogen) atoms. The van der Waals surface area contributed by atoms with Gasteiger partial charge in [0.25, 0.3) is 0 Å². The Balaban J connectivity index is 2.50. The van der Waals surface area contributed by atoms with Crippen LogP contribution in [0.1, 0.15) is 25.8 Å². The van der Waals surface area contributed by atoms with Gasteiger partial charge in [0.2, 0.25) is 0 Å². The molecule has 1 N–H and O–H groups in total. The predicted molar refractivity (Wildman–Crippen MR) is 63.3 cm³/mol. The van der Waals surface area contributed by atoms with Crippen LogP contribution in [0.25, 0.3) is 0 Å². The second-order valence-corrected chi connectivity index (χ2v) is 4.80. The lowest BCUT2D eigenvalue weighted by Gasteiger charge is -2.14. The summed E-state index contributed by atoms with van der Waals surface area (Å²) in [4.78, 5) is 0. The van der Waals surface area contributed by atoms with Gasteiger partial charge in [-0.1, -0.05) is 48.0 Å². The number of aryl methyl sites for hydroxylation is 1. The lowest BCUT2D eigenvalue weighted by atomic mass is 9.99. The van der Waals surface area contributed by atoms with Crippen LogP contribution in [0.3, 0.4) is 0 Å². The molecule has 0 heterocycles. The first-order valence-corrected chi connectivity index (χ1v) is 5.82. The molecular formula is C12H17BrO. The summed E-state index contributed by atoms with van der Waals surface area (Å²) in [6.45, 7) is 4.09. The van der Waals surface area contributed by atoms with Crippen LogP contribution in [0, 0.1) is 5.92 Å². The lowest BCUT2D eigenvalue weighted by molar-refractivity contribution is 0.116. The van der Waals surface area contributed by atoms with E-state index in [0.717, 1.165) is 17.3 Å². The maximum Gasteiger partial charge on any atom is 0.0566 e. The van der Waals surface area contributed by atoms with Gasteiger partial charge in [-0.3, -0.25) is 0 Å². The minimum Gasteiger partial charge on any atom is -0.393 e. The zero-order valence-electron chi connectivity index (χ0n) is 8.70. The average molecular weight is 257 g/mol. The number of rotatable bonds is 4. The highest BCUT2D eigenvalue weighted by molar-refractivity contribution is 9.10. The van der Waals surface area contributed by atoms with Gasteiger partial charge in [-0.25, -0.2) is 0 Å². The maximum atomic E-state index is 9.66. The molecule has 0 bridgehead atoms. The molecule has 0 aromatic heterocycles. The Kier molecular flexibility index (Phi) is 4.63. The molecule has 1 rings (SSSR count). The van der Waals surface area contributed by atoms with E-state index in [-0.39, 0.29) is 6.10 Å². The third-order valence-electron chi connectivity index (χ3n) is 2.44. The van der Waals surface area contributed by atoms with Gasteiger partial charge in [0, 0.05) is 4.47 Å². The fourth-order valence-corrected chi connectivity index (χ4v) is 1.82. The van der Waals surface area contributed by atoms with Crippen LogP contribution in [-0.4, -0.2) is 11.2 Å². The summed E-state index contributed by atoms with van der Waals surface area (Å²) in [5.74, 6) is 0.345. The number of hydrogen-bond acceptors (Lipinski definition) is 1. The summed E-state index contributed by atoms with van der Waals surface area (Å²) in [6.07, 6.45) is 1.57. The normalized spacial score (nSPS) is 13.2. The molecule has 2 heteroatoms. The minimum absolute atomic E-state index is 0.192. The Bertz CT molecular complexity index is 283. The number of halogens is 1. The second kappa shape index (κ2) is 5.52. The van der Waals surface area contributed by atoms with Crippen LogP contribution >= 0.6 is 15.9 Å². The molecule has 0 radical (unpaired) electrons. The van der Waals surface area contributed by atoms with E-state index in [0.29, 0.717) is 5.92 Å². The van der Waals surface area contributed by atoms with Crippen molar-refractivity contribution in [1.29, 1.82) is 0 Å². The monoisotopic (exact) mass is 256 g/mol. The van der Waals surface area contributed by atoms with E-state index < -0.39 is 0 Å². The standard InChI is InChI=1S/C12H17BrO/c1-9(2)12(14)8-7-10-5-3-4-6-11(10)13/h3-6,9,12,14H,7-8H2,1-2H3/t12-/m1/s1. The largest absolute Gasteiger partial charge is 0.393 e. The van der Waals surface area contributed by atoms with Crippen molar-refractivity contribution in [2.45, 2.75) is 32.8 Å². The van der Waals surface area contributed by atoms with E-state index in [2.05, 4.69) is 22.0 Å². The van der Waals surface area contributed by atoms with Crippen molar-refractivity contribution in [2.24, 2.45) is 5.92 Å². The molecule has 0 spiro atoms. The Morgan fingerprint density at radius 1 is 1.29 bits per heavy atom. The number of aliphatic hydroxyl groups is 1. The molecule has 0 aliphatic carbocycles. The van der Waals surface area contributed by atoms with Crippen LogP contribution in [0.2, 0.25) is 0 Å². The van der Waals surface area contributed by atoms with Crippen molar-refractivity contribution in [1.82, 2.24) is 0 Å². The molecule has 1 aromatic rings. The van der Waals surface area contributed by atoms with Gasteiger partial charge in [-0.05, 0) is 30.4 Å². The molecular weight excluding hydrogens is 240 g/mol. The van der Waals surface area contributed by atoms with E-state index in [1.54, 1.807) is 0 Å². The van der Waals surface area contributed by atoms with E-state index in [1.165, 1.54) is 5.56 Å². The van der Waals surface area contributed by atoms with Crippen molar-refractivity contribution >= 4 is 15.9 Å². The molecule has 0 saturated heterocycles. The molecule has 1 nitrogen and oxygen atoms in total. The van der Waals surface area contributed by atoms with Gasteiger partial charge in [0.1, 0.15) is 0 Å². The van der Waals surface area contributed by atoms with Gasteiger partial charge < -0.3 is 5.11 Å². The summed E-state index contributed by atoms with van der Waals surface area (Å²) in [5, 5.41) is 9.66. The topological polar surface area (TPSA) is 20.2 Å². The molecule has 78 valence electrons. The van der Waals surface area contributed by atoms with Crippen LogP contribution in [0.15, 0.2) is 28.7 Å². The quantitative estimate of drug-likeness (QED) is 0.876. The molecule has 0 fully saturated rings. The highest BCUT2D eigenvalue weighted by Crippen LogP contribution is 2.19. The van der Waals surface area contributed by atoms with Gasteiger partial charge >= 0.3 is 0 Å². The third-order valence-corrected chi connectivity index (χ3v) is 3.21. The summed E-state index contributed by atoms with van der Waals surface area (Å²) in [7, 11) is 0. The molecule has 0 saturated carbocycles. The summed E-state index contributed by atoms with van der Waals surface area (Å²) in [5.41, 5.74) is 1.27. The molecule has 1 atom stereocenters. The SMILES string of the molecule is CC(C)[C@H](O)CCc1ccccc1Br. The fraction of sp³-hybridized carbons (Fsp3) is 0.500. The highest BCUT2D eigenvalue weighted by atomic mass is 79.9. The first-order valence-electron chi connectivity index (χ1n) is 5.02. The van der Waals surface area contributed by atoms with Crippen LogP contribution in [0.5, 0.6) is 0 Å². The summed E-state index contributed by atoms with van der Waals surface area (Å²) >= 11 is 3.50. The lowest BCUT2D eigenvalue weighted by Crippen LogP contribution is -2.15. The van der Waals surface area contributed by atoms with Gasteiger partial charge in [0.05, 0.1) is 6.10 Å². The van der Waals surface area contributed by atoms with Gasteiger partial charge in [-0.15, -0.1) is 0 Å². The van der Waals surface area contributed by atoms with E-state index >= 15 is 0 Å². The zero-order valence-corrected chi connectivity index (χ0v) is 10.3. The molecule has 0 amide bonds. The van der Waals surface area contributed by atoms with E-state index in [9.17, 15) is 5.11 Å². The Labute approximate surface area is 94.3 Å². The Morgan fingerprint density at radius 3 is 2.50 bits per heavy atom. The number of benzene rings is 1. The van der Waals surface area contributed by atoms with Crippen LogP contribution in [0.4, 0.5) is 0 Å². The third kappa shape index (κ3) is 3.43. The Morgan fingerprint density at radius 2 is 1.93 bits per heavy atom. The average Bonchev–Trinajstić information content (AvgIpc) is 2.16. The van der Waals surface area contributed by atoms with Crippen molar-refractivity contribution < 1.29 is 5.11 Å². The zero-order chi connectivity index (χ0) is 10.6. The summed E-state index contributed by atoms with van der Waals surface area (Å²) in [6, 6.07) is 8.17. The smallest absolute Gasteiger partial charge is 0.0566 e. The molecule has 0 aliphatic rings. The fourth-order valence-electron chi connectivity index (χ4n) is 1.34. The molecule has 1 aromatic carbocycles. The number of hydrogen-bond donors (Lipinski definition) is 1. The van der Waals surface area contributed by atoms with Crippen LogP contribution in [-0.2, 0) is 6.42 Å². The van der Waals surface area contributed by atoms with E-state index in [4.69, 9.17) is 0 Å². The van der Waals surface area contributed by atoms with E-state index in [1.807, 2.05) is 32.0 Å².